The number of benzene rings is 2. The molecule has 0 bridgehead atoms. The minimum atomic E-state index is -3.85. The molecule has 0 aliphatic heterocycles. The molecule has 0 spiro atoms. The molecule has 2 N–H and O–H groups in total. The van der Waals surface area contributed by atoms with Crippen molar-refractivity contribution < 1.29 is 22.7 Å². The average molecular weight is 466 g/mol. The van der Waals surface area contributed by atoms with Gasteiger partial charge in [-0.2, -0.15) is 0 Å². The molecule has 2 rings (SSSR count). The average Bonchev–Trinajstić information content (AvgIpc) is 2.71. The van der Waals surface area contributed by atoms with Crippen molar-refractivity contribution in [1.82, 2.24) is 5.32 Å². The molecule has 2 aromatic carbocycles. The number of hydrogen-bond donors (Lipinski definition) is 2. The Hall–Kier alpha value is -3.04. The molecule has 0 fully saturated rings. The second-order valence-corrected chi connectivity index (χ2v) is 8.85. The van der Waals surface area contributed by atoms with Crippen molar-refractivity contribution in [2.45, 2.75) is 13.0 Å². The van der Waals surface area contributed by atoms with E-state index in [1.165, 1.54) is 38.3 Å². The van der Waals surface area contributed by atoms with E-state index in [-0.39, 0.29) is 28.5 Å². The molecule has 0 aliphatic carbocycles. The van der Waals surface area contributed by atoms with E-state index in [0.29, 0.717) is 5.75 Å². The van der Waals surface area contributed by atoms with Gasteiger partial charge >= 0.3 is 0 Å². The summed E-state index contributed by atoms with van der Waals surface area (Å²) < 4.78 is 31.0. The second kappa shape index (κ2) is 10.3. The van der Waals surface area contributed by atoms with E-state index >= 15 is 0 Å². The van der Waals surface area contributed by atoms with Gasteiger partial charge in [0.2, 0.25) is 15.9 Å². The third-order valence-corrected chi connectivity index (χ3v) is 5.85. The van der Waals surface area contributed by atoms with Crippen molar-refractivity contribution in [3.63, 3.8) is 0 Å². The summed E-state index contributed by atoms with van der Waals surface area (Å²) >= 11 is 6.14. The summed E-state index contributed by atoms with van der Waals surface area (Å²) in [7, 11) is -2.41. The Kier molecular flexibility index (Phi) is 8.07. The Bertz CT molecular complexity index is 1090. The lowest BCUT2D eigenvalue weighted by Gasteiger charge is -2.28. The van der Waals surface area contributed by atoms with Crippen molar-refractivity contribution in [3.8, 4) is 5.75 Å². The first-order valence-corrected chi connectivity index (χ1v) is 11.4. The SMILES string of the molecule is C=CCNC(=O)c1ccccc1NC(=O)[C@H](C)N(c1ccc(OC)c(Cl)c1)S(C)(=O)=O. The van der Waals surface area contributed by atoms with Crippen LogP contribution in [0.3, 0.4) is 0 Å². The molecule has 0 saturated heterocycles. The Morgan fingerprint density at radius 2 is 1.94 bits per heavy atom. The number of carbonyl (C=O) groups is 2. The predicted molar refractivity (Wildman–Crippen MR) is 122 cm³/mol. The topological polar surface area (TPSA) is 105 Å². The summed E-state index contributed by atoms with van der Waals surface area (Å²) in [5.74, 6) is -0.651. The maximum atomic E-state index is 12.9. The zero-order chi connectivity index (χ0) is 23.2. The van der Waals surface area contributed by atoms with Crippen LogP contribution in [0.15, 0.2) is 55.1 Å². The summed E-state index contributed by atoms with van der Waals surface area (Å²) in [6.45, 7) is 5.25. The third-order valence-electron chi connectivity index (χ3n) is 4.31. The number of amides is 2. The lowest BCUT2D eigenvalue weighted by molar-refractivity contribution is -0.116. The highest BCUT2D eigenvalue weighted by molar-refractivity contribution is 7.92. The summed E-state index contributed by atoms with van der Waals surface area (Å²) in [5.41, 5.74) is 0.693. The van der Waals surface area contributed by atoms with Crippen LogP contribution in [0.5, 0.6) is 5.75 Å². The molecule has 8 nitrogen and oxygen atoms in total. The Morgan fingerprint density at radius 3 is 2.52 bits per heavy atom. The normalized spacial score (nSPS) is 11.9. The van der Waals surface area contributed by atoms with Crippen LogP contribution >= 0.6 is 11.6 Å². The monoisotopic (exact) mass is 465 g/mol. The van der Waals surface area contributed by atoms with Crippen molar-refractivity contribution in [2.24, 2.45) is 0 Å². The maximum Gasteiger partial charge on any atom is 0.253 e. The van der Waals surface area contributed by atoms with E-state index in [9.17, 15) is 18.0 Å². The minimum Gasteiger partial charge on any atom is -0.495 e. The highest BCUT2D eigenvalue weighted by atomic mass is 35.5. The van der Waals surface area contributed by atoms with E-state index < -0.39 is 27.9 Å². The fraction of sp³-hybridized carbons (Fsp3) is 0.238. The molecule has 0 radical (unpaired) electrons. The van der Waals surface area contributed by atoms with Crippen LogP contribution in [-0.4, -0.2) is 46.2 Å². The van der Waals surface area contributed by atoms with Gasteiger partial charge in [0, 0.05) is 6.54 Å². The number of nitrogens with one attached hydrogen (secondary N) is 2. The van der Waals surface area contributed by atoms with Gasteiger partial charge in [-0.3, -0.25) is 13.9 Å². The Labute approximate surface area is 186 Å². The van der Waals surface area contributed by atoms with Crippen LogP contribution in [0, 0.1) is 0 Å². The molecule has 0 saturated carbocycles. The molecule has 2 amide bonds. The van der Waals surface area contributed by atoms with Gasteiger partial charge in [0.1, 0.15) is 11.8 Å². The summed E-state index contributed by atoms with van der Waals surface area (Å²) in [5, 5.41) is 5.48. The number of para-hydroxylation sites is 1. The van der Waals surface area contributed by atoms with Crippen LogP contribution in [0.4, 0.5) is 11.4 Å². The van der Waals surface area contributed by atoms with Crippen molar-refractivity contribution in [3.05, 3.63) is 65.7 Å². The van der Waals surface area contributed by atoms with Crippen molar-refractivity contribution in [1.29, 1.82) is 0 Å². The largest absolute Gasteiger partial charge is 0.495 e. The summed E-state index contributed by atoms with van der Waals surface area (Å²) in [6.07, 6.45) is 2.52. The molecule has 0 heterocycles. The third kappa shape index (κ3) is 5.99. The second-order valence-electron chi connectivity index (χ2n) is 6.59. The summed E-state index contributed by atoms with van der Waals surface area (Å²) in [6, 6.07) is 9.70. The molecule has 0 unspecified atom stereocenters. The standard InChI is InChI=1S/C21H24ClN3O5S/c1-5-12-23-21(27)16-8-6-7-9-18(16)24-20(26)14(2)25(31(4,28)29)15-10-11-19(30-3)17(22)13-15/h5-11,13-14H,1,12H2,2-4H3,(H,23,27)(H,24,26)/t14-/m0/s1. The van der Waals surface area contributed by atoms with E-state index in [4.69, 9.17) is 16.3 Å². The Balaban J connectivity index is 2.35. The van der Waals surface area contributed by atoms with Gasteiger partial charge in [-0.25, -0.2) is 8.42 Å². The number of hydrogen-bond acceptors (Lipinski definition) is 5. The van der Waals surface area contributed by atoms with Gasteiger partial charge in [0.25, 0.3) is 5.91 Å². The number of rotatable bonds is 9. The van der Waals surface area contributed by atoms with Crippen LogP contribution in [0.2, 0.25) is 5.02 Å². The lowest BCUT2D eigenvalue weighted by atomic mass is 10.1. The van der Waals surface area contributed by atoms with Gasteiger partial charge in [0.05, 0.1) is 35.3 Å². The van der Waals surface area contributed by atoms with Crippen molar-refractivity contribution in [2.75, 3.05) is 29.5 Å². The van der Waals surface area contributed by atoms with E-state index in [0.717, 1.165) is 10.6 Å². The minimum absolute atomic E-state index is 0.200. The van der Waals surface area contributed by atoms with Crippen LogP contribution in [-0.2, 0) is 14.8 Å². The molecule has 0 aromatic heterocycles. The number of halogens is 1. The van der Waals surface area contributed by atoms with Gasteiger partial charge in [-0.15, -0.1) is 6.58 Å². The fourth-order valence-corrected chi connectivity index (χ4v) is 4.31. The first-order chi connectivity index (χ1) is 14.6. The van der Waals surface area contributed by atoms with Gasteiger partial charge < -0.3 is 15.4 Å². The van der Waals surface area contributed by atoms with E-state index in [1.807, 2.05) is 0 Å². The number of anilines is 2. The number of ether oxygens (including phenoxy) is 1. The smallest absolute Gasteiger partial charge is 0.253 e. The van der Waals surface area contributed by atoms with Gasteiger partial charge in [0.15, 0.2) is 0 Å². The van der Waals surface area contributed by atoms with E-state index in [1.54, 1.807) is 24.3 Å². The molecule has 1 atom stereocenters. The van der Waals surface area contributed by atoms with Crippen LogP contribution in [0.1, 0.15) is 17.3 Å². The number of nitrogens with zero attached hydrogens (tertiary/aromatic N) is 1. The molecular formula is C21H24ClN3O5S. The van der Waals surface area contributed by atoms with Gasteiger partial charge in [-0.05, 0) is 37.3 Å². The molecule has 31 heavy (non-hydrogen) atoms. The predicted octanol–water partition coefficient (Wildman–Crippen LogP) is 3.06. The first kappa shape index (κ1) is 24.2. The quantitative estimate of drug-likeness (QED) is 0.554. The maximum absolute atomic E-state index is 12.9. The van der Waals surface area contributed by atoms with Crippen LogP contribution in [0.25, 0.3) is 0 Å². The summed E-state index contributed by atoms with van der Waals surface area (Å²) in [4.78, 5) is 25.3. The molecular weight excluding hydrogens is 442 g/mol. The highest BCUT2D eigenvalue weighted by Gasteiger charge is 2.30. The van der Waals surface area contributed by atoms with E-state index in [2.05, 4.69) is 17.2 Å². The number of methoxy groups -OCH3 is 1. The zero-order valence-electron chi connectivity index (χ0n) is 17.4. The zero-order valence-corrected chi connectivity index (χ0v) is 19.0. The lowest BCUT2D eigenvalue weighted by Crippen LogP contribution is -2.45. The van der Waals surface area contributed by atoms with Crippen LogP contribution < -0.4 is 19.7 Å². The Morgan fingerprint density at radius 1 is 1.26 bits per heavy atom. The molecule has 0 aliphatic rings. The van der Waals surface area contributed by atoms with Crippen molar-refractivity contribution >= 4 is 44.8 Å². The van der Waals surface area contributed by atoms with Gasteiger partial charge in [-0.1, -0.05) is 29.8 Å². The fourth-order valence-electron chi connectivity index (χ4n) is 2.89. The molecule has 166 valence electrons. The molecule has 2 aromatic rings. The number of carbonyl (C=O) groups excluding carboxylic acids is 2. The highest BCUT2D eigenvalue weighted by Crippen LogP contribution is 2.31. The first-order valence-electron chi connectivity index (χ1n) is 9.22. The molecule has 10 heteroatoms. The number of sulfonamides is 1.